The highest BCUT2D eigenvalue weighted by atomic mass is 35.5. The maximum Gasteiger partial charge on any atom is 0.244 e. The first-order valence-electron chi connectivity index (χ1n) is 9.26. The second-order valence-electron chi connectivity index (χ2n) is 6.90. The van der Waals surface area contributed by atoms with Gasteiger partial charge in [0.05, 0.1) is 0 Å². The molecule has 1 heterocycles. The summed E-state index contributed by atoms with van der Waals surface area (Å²) >= 11 is 6.14. The van der Waals surface area contributed by atoms with Crippen LogP contribution in [0.1, 0.15) is 21.5 Å². The van der Waals surface area contributed by atoms with Crippen LogP contribution in [0, 0.1) is 6.92 Å². The van der Waals surface area contributed by atoms with E-state index in [1.165, 1.54) is 0 Å². The van der Waals surface area contributed by atoms with Crippen LogP contribution in [0.3, 0.4) is 0 Å². The molecule has 4 nitrogen and oxygen atoms in total. The van der Waals surface area contributed by atoms with Gasteiger partial charge in [-0.05, 0) is 30.7 Å². The topological polar surface area (TPSA) is 51.1 Å². The van der Waals surface area contributed by atoms with Crippen LogP contribution in [0.15, 0.2) is 79.0 Å². The van der Waals surface area contributed by atoms with Crippen molar-refractivity contribution in [2.75, 3.05) is 5.32 Å². The summed E-state index contributed by atoms with van der Waals surface area (Å²) in [5, 5.41) is 4.29. The predicted molar refractivity (Wildman–Crippen MR) is 117 cm³/mol. The van der Waals surface area contributed by atoms with Gasteiger partial charge < -0.3 is 9.88 Å². The molecule has 5 heteroatoms. The van der Waals surface area contributed by atoms with Crippen molar-refractivity contribution in [1.82, 2.24) is 4.57 Å². The van der Waals surface area contributed by atoms with E-state index in [9.17, 15) is 9.59 Å². The number of rotatable bonds is 5. The molecule has 4 rings (SSSR count). The predicted octanol–water partition coefficient (Wildman–Crippen LogP) is 5.47. The number of halogens is 1. The van der Waals surface area contributed by atoms with Crippen LogP contribution in [0.25, 0.3) is 10.9 Å². The Morgan fingerprint density at radius 3 is 2.45 bits per heavy atom. The molecule has 0 aliphatic carbocycles. The summed E-state index contributed by atoms with van der Waals surface area (Å²) in [6, 6.07) is 22.2. The van der Waals surface area contributed by atoms with Crippen LogP contribution in [-0.4, -0.2) is 16.3 Å². The van der Waals surface area contributed by atoms with Crippen molar-refractivity contribution in [1.29, 1.82) is 0 Å². The summed E-state index contributed by atoms with van der Waals surface area (Å²) < 4.78 is 1.80. The quantitative estimate of drug-likeness (QED) is 0.450. The zero-order chi connectivity index (χ0) is 20.4. The summed E-state index contributed by atoms with van der Waals surface area (Å²) in [6.07, 6.45) is 1.75. The highest BCUT2D eigenvalue weighted by molar-refractivity contribution is 6.31. The zero-order valence-corrected chi connectivity index (χ0v) is 16.6. The van der Waals surface area contributed by atoms with Crippen molar-refractivity contribution in [2.45, 2.75) is 13.5 Å². The molecule has 4 aromatic rings. The first-order chi connectivity index (χ1) is 14.0. The number of carbonyl (C=O) groups excluding carboxylic acids is 2. The third kappa shape index (κ3) is 3.93. The van der Waals surface area contributed by atoms with Crippen LogP contribution in [0.4, 0.5) is 5.69 Å². The van der Waals surface area contributed by atoms with Crippen LogP contribution in [0.5, 0.6) is 0 Å². The van der Waals surface area contributed by atoms with Crippen LogP contribution in [-0.2, 0) is 11.3 Å². The maximum atomic E-state index is 13.0. The van der Waals surface area contributed by atoms with E-state index in [1.807, 2.05) is 61.5 Å². The fourth-order valence-corrected chi connectivity index (χ4v) is 3.51. The standard InChI is InChI=1S/C24H19ClN2O2/c1-16-11-12-18(13-21(16)25)26-23(28)15-27-14-20(19-9-5-6-10-22(19)27)24(29)17-7-3-2-4-8-17/h2-14H,15H2,1H3,(H,26,28). The van der Waals surface area contributed by atoms with E-state index in [0.717, 1.165) is 16.5 Å². The van der Waals surface area contributed by atoms with E-state index in [0.29, 0.717) is 21.8 Å². The van der Waals surface area contributed by atoms with E-state index in [-0.39, 0.29) is 18.2 Å². The number of aryl methyl sites for hydroxylation is 1. The molecule has 0 fully saturated rings. The minimum atomic E-state index is -0.190. The summed E-state index contributed by atoms with van der Waals surface area (Å²) in [7, 11) is 0. The number of benzene rings is 3. The molecule has 1 N–H and O–H groups in total. The molecule has 1 aromatic heterocycles. The van der Waals surface area contributed by atoms with Gasteiger partial charge in [0.15, 0.2) is 5.78 Å². The normalized spacial score (nSPS) is 10.8. The fraction of sp³-hybridized carbons (Fsp3) is 0.0833. The molecule has 0 radical (unpaired) electrons. The van der Waals surface area contributed by atoms with Gasteiger partial charge in [-0.15, -0.1) is 0 Å². The zero-order valence-electron chi connectivity index (χ0n) is 15.9. The molecule has 0 spiro atoms. The molecule has 29 heavy (non-hydrogen) atoms. The van der Waals surface area contributed by atoms with Gasteiger partial charge in [-0.25, -0.2) is 0 Å². The molecule has 0 unspecified atom stereocenters. The first-order valence-corrected chi connectivity index (χ1v) is 9.64. The number of hydrogen-bond acceptors (Lipinski definition) is 2. The number of aromatic nitrogens is 1. The first kappa shape index (κ1) is 19.0. The smallest absolute Gasteiger partial charge is 0.244 e. The van der Waals surface area contributed by atoms with E-state index < -0.39 is 0 Å². The monoisotopic (exact) mass is 402 g/mol. The van der Waals surface area contributed by atoms with Crippen molar-refractivity contribution < 1.29 is 9.59 Å². The lowest BCUT2D eigenvalue weighted by Gasteiger charge is -2.08. The Balaban J connectivity index is 1.63. The van der Waals surface area contributed by atoms with Crippen LogP contribution >= 0.6 is 11.6 Å². The average Bonchev–Trinajstić information content (AvgIpc) is 3.09. The molecule has 3 aromatic carbocycles. The minimum absolute atomic E-state index is 0.0636. The minimum Gasteiger partial charge on any atom is -0.337 e. The molecule has 0 aliphatic heterocycles. The molecular weight excluding hydrogens is 384 g/mol. The van der Waals surface area contributed by atoms with Gasteiger partial charge in [0, 0.05) is 38.9 Å². The number of anilines is 1. The van der Waals surface area contributed by atoms with Crippen LogP contribution < -0.4 is 5.32 Å². The van der Waals surface area contributed by atoms with Gasteiger partial charge in [-0.3, -0.25) is 9.59 Å². The number of amides is 1. The second kappa shape index (κ2) is 7.94. The summed E-state index contributed by atoms with van der Waals surface area (Å²) in [5.41, 5.74) is 3.63. The molecule has 0 saturated carbocycles. The lowest BCUT2D eigenvalue weighted by Crippen LogP contribution is -2.18. The van der Waals surface area contributed by atoms with Crippen molar-refractivity contribution >= 4 is 39.9 Å². The van der Waals surface area contributed by atoms with E-state index >= 15 is 0 Å². The van der Waals surface area contributed by atoms with E-state index in [2.05, 4.69) is 5.32 Å². The Bertz CT molecular complexity index is 1210. The van der Waals surface area contributed by atoms with Crippen LogP contribution in [0.2, 0.25) is 5.02 Å². The van der Waals surface area contributed by atoms with E-state index in [1.54, 1.807) is 29.0 Å². The molecule has 144 valence electrons. The van der Waals surface area contributed by atoms with Crippen molar-refractivity contribution in [2.24, 2.45) is 0 Å². The summed E-state index contributed by atoms with van der Waals surface area (Å²) in [5.74, 6) is -0.254. The van der Waals surface area contributed by atoms with Gasteiger partial charge in [0.25, 0.3) is 0 Å². The van der Waals surface area contributed by atoms with Gasteiger partial charge in [-0.2, -0.15) is 0 Å². The number of hydrogen-bond donors (Lipinski definition) is 1. The number of para-hydroxylation sites is 1. The molecule has 0 saturated heterocycles. The SMILES string of the molecule is Cc1ccc(NC(=O)Cn2cc(C(=O)c3ccccc3)c3ccccc32)cc1Cl. The van der Waals surface area contributed by atoms with Gasteiger partial charge in [0.2, 0.25) is 5.91 Å². The number of ketones is 1. The Labute approximate surface area is 173 Å². The Kier molecular flexibility index (Phi) is 5.19. The van der Waals surface area contributed by atoms with Crippen molar-refractivity contribution in [3.63, 3.8) is 0 Å². The lowest BCUT2D eigenvalue weighted by atomic mass is 10.0. The van der Waals surface area contributed by atoms with Crippen molar-refractivity contribution in [3.05, 3.63) is 101 Å². The Hall–Kier alpha value is -3.37. The number of carbonyl (C=O) groups is 2. The molecular formula is C24H19ClN2O2. The molecule has 1 amide bonds. The third-order valence-electron chi connectivity index (χ3n) is 4.84. The highest BCUT2D eigenvalue weighted by Gasteiger charge is 2.17. The van der Waals surface area contributed by atoms with E-state index in [4.69, 9.17) is 11.6 Å². The average molecular weight is 403 g/mol. The lowest BCUT2D eigenvalue weighted by molar-refractivity contribution is -0.116. The number of fused-ring (bicyclic) bond motifs is 1. The third-order valence-corrected chi connectivity index (χ3v) is 5.25. The maximum absolute atomic E-state index is 13.0. The molecule has 0 atom stereocenters. The number of nitrogens with zero attached hydrogens (tertiary/aromatic N) is 1. The van der Waals surface area contributed by atoms with Crippen molar-refractivity contribution in [3.8, 4) is 0 Å². The molecule has 0 aliphatic rings. The number of nitrogens with one attached hydrogen (secondary N) is 1. The largest absolute Gasteiger partial charge is 0.337 e. The van der Waals surface area contributed by atoms with Gasteiger partial charge in [0.1, 0.15) is 6.54 Å². The van der Waals surface area contributed by atoms with Gasteiger partial charge in [-0.1, -0.05) is 66.2 Å². The highest BCUT2D eigenvalue weighted by Crippen LogP contribution is 2.24. The Morgan fingerprint density at radius 2 is 1.69 bits per heavy atom. The molecule has 0 bridgehead atoms. The summed E-state index contributed by atoms with van der Waals surface area (Å²) in [6.45, 7) is 2.00. The van der Waals surface area contributed by atoms with Gasteiger partial charge >= 0.3 is 0 Å². The summed E-state index contributed by atoms with van der Waals surface area (Å²) in [4.78, 5) is 25.6. The second-order valence-corrected chi connectivity index (χ2v) is 7.30. The fourth-order valence-electron chi connectivity index (χ4n) is 3.33. The Morgan fingerprint density at radius 1 is 0.966 bits per heavy atom.